The lowest BCUT2D eigenvalue weighted by atomic mass is 9.95. The van der Waals surface area contributed by atoms with Gasteiger partial charge in [-0.25, -0.2) is 4.98 Å². The van der Waals surface area contributed by atoms with E-state index in [1.54, 1.807) is 54.9 Å². The lowest BCUT2D eigenvalue weighted by Gasteiger charge is -2.27. The SMILES string of the molecule is Cc1cccc(COc2ccc(C([O-])=C3C(=O)C(=O)N(Cc4cc[nH+]cc4)C3c3cccc([N+](=O)[O-])c3)cc2)c1. The number of ether oxygens (including phenoxy) is 1. The van der Waals surface area contributed by atoms with Gasteiger partial charge in [-0.3, -0.25) is 19.7 Å². The number of pyridine rings is 1. The van der Waals surface area contributed by atoms with Gasteiger partial charge in [0.05, 0.1) is 11.0 Å². The molecule has 200 valence electrons. The summed E-state index contributed by atoms with van der Waals surface area (Å²) in [5.74, 6) is -1.85. The number of non-ortho nitro benzene ring substituents is 1. The highest BCUT2D eigenvalue weighted by molar-refractivity contribution is 6.46. The zero-order valence-electron chi connectivity index (χ0n) is 21.6. The van der Waals surface area contributed by atoms with Crippen LogP contribution in [0.4, 0.5) is 5.69 Å². The summed E-state index contributed by atoms with van der Waals surface area (Å²) >= 11 is 0. The number of nitrogens with one attached hydrogen (secondary N) is 1. The molecule has 5 rings (SSSR count). The van der Waals surface area contributed by atoms with E-state index in [2.05, 4.69) is 4.98 Å². The summed E-state index contributed by atoms with van der Waals surface area (Å²) in [5.41, 5.74) is 2.89. The Morgan fingerprint density at radius 1 is 0.950 bits per heavy atom. The number of H-pyrrole nitrogens is 1. The summed E-state index contributed by atoms with van der Waals surface area (Å²) in [5, 5.41) is 25.2. The molecule has 1 unspecified atom stereocenters. The van der Waals surface area contributed by atoms with Crippen LogP contribution in [0.2, 0.25) is 0 Å². The number of nitro groups is 1. The van der Waals surface area contributed by atoms with E-state index in [1.165, 1.54) is 23.1 Å². The van der Waals surface area contributed by atoms with Crippen molar-refractivity contribution < 1.29 is 29.3 Å². The topological polar surface area (TPSA) is 127 Å². The Bertz CT molecular complexity index is 1620. The monoisotopic (exact) mass is 535 g/mol. The second kappa shape index (κ2) is 11.2. The van der Waals surface area contributed by atoms with Crippen LogP contribution in [0.25, 0.3) is 5.76 Å². The molecule has 1 aliphatic heterocycles. The number of rotatable bonds is 8. The maximum absolute atomic E-state index is 13.7. The average Bonchev–Trinajstić information content (AvgIpc) is 3.21. The number of aromatic amines is 1. The molecule has 2 heterocycles. The number of carbonyl (C=O) groups excluding carboxylic acids is 2. The van der Waals surface area contributed by atoms with Crippen molar-refractivity contribution in [3.63, 3.8) is 0 Å². The van der Waals surface area contributed by atoms with E-state index in [1.807, 2.05) is 31.2 Å². The van der Waals surface area contributed by atoms with E-state index in [4.69, 9.17) is 4.74 Å². The van der Waals surface area contributed by atoms with E-state index in [0.29, 0.717) is 17.9 Å². The van der Waals surface area contributed by atoms with Crippen molar-refractivity contribution in [3.05, 3.63) is 141 Å². The molecule has 0 aliphatic carbocycles. The minimum Gasteiger partial charge on any atom is -0.872 e. The Morgan fingerprint density at radius 2 is 1.68 bits per heavy atom. The maximum Gasteiger partial charge on any atom is 0.295 e. The van der Waals surface area contributed by atoms with Crippen molar-refractivity contribution in [1.29, 1.82) is 0 Å². The van der Waals surface area contributed by atoms with Gasteiger partial charge in [0, 0.05) is 36.4 Å². The molecule has 1 amide bonds. The quantitative estimate of drug-likeness (QED) is 0.111. The molecule has 1 fully saturated rings. The van der Waals surface area contributed by atoms with Gasteiger partial charge in [-0.15, -0.1) is 0 Å². The molecule has 0 bridgehead atoms. The highest BCUT2D eigenvalue weighted by atomic mass is 16.6. The molecule has 1 aromatic heterocycles. The Kier molecular flexibility index (Phi) is 7.37. The number of benzene rings is 3. The number of hydrogen-bond acceptors (Lipinski definition) is 6. The molecule has 1 aliphatic rings. The van der Waals surface area contributed by atoms with Crippen molar-refractivity contribution >= 4 is 23.1 Å². The fourth-order valence-electron chi connectivity index (χ4n) is 4.74. The first-order valence-corrected chi connectivity index (χ1v) is 12.6. The van der Waals surface area contributed by atoms with E-state index in [-0.39, 0.29) is 23.4 Å². The van der Waals surface area contributed by atoms with Crippen molar-refractivity contribution in [3.8, 4) is 5.75 Å². The second-order valence-corrected chi connectivity index (χ2v) is 9.47. The zero-order chi connectivity index (χ0) is 28.2. The van der Waals surface area contributed by atoms with Gasteiger partial charge in [0.15, 0.2) is 12.4 Å². The van der Waals surface area contributed by atoms with Crippen molar-refractivity contribution in [2.45, 2.75) is 26.1 Å². The van der Waals surface area contributed by atoms with Crippen LogP contribution in [0.3, 0.4) is 0 Å². The predicted octanol–water partition coefficient (Wildman–Crippen LogP) is 3.72. The van der Waals surface area contributed by atoms with Gasteiger partial charge in [-0.2, -0.15) is 0 Å². The lowest BCUT2D eigenvalue weighted by molar-refractivity contribution is -0.385. The molecule has 1 atom stereocenters. The number of hydrogen-bond donors (Lipinski definition) is 0. The lowest BCUT2D eigenvalue weighted by Crippen LogP contribution is -2.29. The Labute approximate surface area is 230 Å². The number of aromatic nitrogens is 1. The molecular weight excluding hydrogens is 510 g/mol. The van der Waals surface area contributed by atoms with Crippen LogP contribution in [0, 0.1) is 17.0 Å². The van der Waals surface area contributed by atoms with E-state index < -0.39 is 28.4 Å². The molecule has 9 nitrogen and oxygen atoms in total. The largest absolute Gasteiger partial charge is 0.872 e. The molecule has 1 N–H and O–H groups in total. The number of nitro benzene ring substituents is 1. The number of aryl methyl sites for hydroxylation is 1. The molecular formula is C31H25N3O6. The second-order valence-electron chi connectivity index (χ2n) is 9.47. The summed E-state index contributed by atoms with van der Waals surface area (Å²) < 4.78 is 5.84. The van der Waals surface area contributed by atoms with Crippen LogP contribution in [-0.2, 0) is 22.7 Å². The third-order valence-electron chi connectivity index (χ3n) is 6.67. The average molecular weight is 536 g/mol. The van der Waals surface area contributed by atoms with Gasteiger partial charge in [0.2, 0.25) is 5.78 Å². The Morgan fingerprint density at radius 3 is 2.38 bits per heavy atom. The molecule has 0 spiro atoms. The number of ketones is 1. The Hall–Kier alpha value is -5.31. The summed E-state index contributed by atoms with van der Waals surface area (Å²) in [6, 6.07) is 22.3. The van der Waals surface area contributed by atoms with E-state index >= 15 is 0 Å². The fourth-order valence-corrected chi connectivity index (χ4v) is 4.74. The number of nitrogens with zero attached hydrogens (tertiary/aromatic N) is 2. The first-order chi connectivity index (χ1) is 19.3. The van der Waals surface area contributed by atoms with Gasteiger partial charge >= 0.3 is 0 Å². The first kappa shape index (κ1) is 26.3. The predicted molar refractivity (Wildman–Crippen MR) is 143 cm³/mol. The normalized spacial score (nSPS) is 16.2. The van der Waals surface area contributed by atoms with E-state index in [0.717, 1.165) is 16.7 Å². The summed E-state index contributed by atoms with van der Waals surface area (Å²) in [7, 11) is 0. The van der Waals surface area contributed by atoms with Crippen molar-refractivity contribution in [1.82, 2.24) is 4.90 Å². The van der Waals surface area contributed by atoms with Crippen molar-refractivity contribution in [2.75, 3.05) is 0 Å². The smallest absolute Gasteiger partial charge is 0.295 e. The molecule has 1 saturated heterocycles. The maximum atomic E-state index is 13.7. The van der Waals surface area contributed by atoms with Gasteiger partial charge in [0.1, 0.15) is 12.4 Å². The minimum atomic E-state index is -1.09. The van der Waals surface area contributed by atoms with Gasteiger partial charge < -0.3 is 14.7 Å². The number of carbonyl (C=O) groups is 2. The molecule has 4 aromatic rings. The zero-order valence-corrected chi connectivity index (χ0v) is 21.6. The van der Waals surface area contributed by atoms with Crippen LogP contribution >= 0.6 is 0 Å². The molecule has 0 saturated carbocycles. The summed E-state index contributed by atoms with van der Waals surface area (Å²) in [4.78, 5) is 41.5. The molecule has 3 aromatic carbocycles. The van der Waals surface area contributed by atoms with Crippen LogP contribution in [0.15, 0.2) is 103 Å². The molecule has 40 heavy (non-hydrogen) atoms. The first-order valence-electron chi connectivity index (χ1n) is 12.6. The van der Waals surface area contributed by atoms with Crippen LogP contribution < -0.4 is 14.8 Å². The number of amides is 1. The molecule has 0 radical (unpaired) electrons. The highest BCUT2D eigenvalue weighted by Gasteiger charge is 2.44. The van der Waals surface area contributed by atoms with Crippen LogP contribution in [-0.4, -0.2) is 21.5 Å². The van der Waals surface area contributed by atoms with Gasteiger partial charge in [-0.05, 0) is 41.3 Å². The van der Waals surface area contributed by atoms with Crippen molar-refractivity contribution in [2.24, 2.45) is 0 Å². The number of likely N-dealkylation sites (tertiary alicyclic amines) is 1. The van der Waals surface area contributed by atoms with Crippen LogP contribution in [0.1, 0.15) is 33.9 Å². The summed E-state index contributed by atoms with van der Waals surface area (Å²) in [6.45, 7) is 2.38. The summed E-state index contributed by atoms with van der Waals surface area (Å²) in [6.07, 6.45) is 3.36. The Balaban J connectivity index is 1.50. The van der Waals surface area contributed by atoms with Gasteiger partial charge in [0.25, 0.3) is 11.6 Å². The third kappa shape index (κ3) is 5.44. The van der Waals surface area contributed by atoms with Gasteiger partial charge in [-0.1, -0.05) is 59.9 Å². The van der Waals surface area contributed by atoms with E-state index in [9.17, 15) is 24.8 Å². The minimum absolute atomic E-state index is 0.0368. The third-order valence-corrected chi connectivity index (χ3v) is 6.67. The standard InChI is InChI=1S/C31H25N3O6/c1-20-4-2-5-22(16-20)19-40-26-10-8-23(9-11-26)29(35)27-28(24-6-3-7-25(17-24)34(38)39)33(31(37)30(27)36)18-21-12-14-32-15-13-21/h2-17,28,35H,18-19H2,1H3. The fraction of sp³-hybridized carbons (Fsp3) is 0.129. The molecule has 9 heteroatoms. The highest BCUT2D eigenvalue weighted by Crippen LogP contribution is 2.40. The van der Waals surface area contributed by atoms with Crippen LogP contribution in [0.5, 0.6) is 5.75 Å². The number of Topliss-reactive ketones (excluding diaryl/α,β-unsaturated/α-hetero) is 1.